The molecule has 3 heterocycles. The number of carbonyl (C=O) groups is 1. The number of hydrogen-bond donors (Lipinski definition) is 1. The number of piperidine rings is 1. The van der Waals surface area contributed by atoms with E-state index in [1.807, 2.05) is 18.2 Å². The Labute approximate surface area is 210 Å². The molecule has 178 valence electrons. The molecule has 1 fully saturated rings. The first-order chi connectivity index (χ1) is 17.2. The summed E-state index contributed by atoms with van der Waals surface area (Å²) in [5, 5.41) is 4.31. The van der Waals surface area contributed by atoms with Gasteiger partial charge in [0.2, 0.25) is 0 Å². The molecule has 6 rings (SSSR count). The van der Waals surface area contributed by atoms with Gasteiger partial charge in [-0.05, 0) is 54.2 Å². The van der Waals surface area contributed by atoms with E-state index in [-0.39, 0.29) is 11.9 Å². The highest BCUT2D eigenvalue weighted by molar-refractivity contribution is 7.22. The van der Waals surface area contributed by atoms with E-state index in [1.54, 1.807) is 11.3 Å². The van der Waals surface area contributed by atoms with Gasteiger partial charge in [0, 0.05) is 44.3 Å². The summed E-state index contributed by atoms with van der Waals surface area (Å²) >= 11 is 1.69. The third-order valence-electron chi connectivity index (χ3n) is 7.21. The van der Waals surface area contributed by atoms with Gasteiger partial charge in [-0.1, -0.05) is 65.9 Å². The zero-order valence-corrected chi connectivity index (χ0v) is 20.6. The summed E-state index contributed by atoms with van der Waals surface area (Å²) in [6.07, 6.45) is 3.02. The molecule has 4 aromatic rings. The van der Waals surface area contributed by atoms with Crippen LogP contribution in [0.5, 0.6) is 0 Å². The van der Waals surface area contributed by atoms with Crippen molar-refractivity contribution >= 4 is 32.6 Å². The van der Waals surface area contributed by atoms with E-state index in [9.17, 15) is 4.79 Å². The number of carbonyl (C=O) groups excluding carboxylic acids is 1. The molecule has 35 heavy (non-hydrogen) atoms. The van der Waals surface area contributed by atoms with Crippen LogP contribution in [0.3, 0.4) is 0 Å². The largest absolute Gasteiger partial charge is 0.349 e. The Morgan fingerprint density at radius 1 is 0.943 bits per heavy atom. The van der Waals surface area contributed by atoms with E-state index in [2.05, 4.69) is 69.7 Å². The predicted octanol–water partition coefficient (Wildman–Crippen LogP) is 5.25. The van der Waals surface area contributed by atoms with Crippen molar-refractivity contribution in [2.75, 3.05) is 24.5 Å². The smallest absolute Gasteiger partial charge is 0.251 e. The summed E-state index contributed by atoms with van der Waals surface area (Å²) in [5.41, 5.74) is 5.86. The van der Waals surface area contributed by atoms with Gasteiger partial charge in [-0.15, -0.1) is 0 Å². The Hall–Kier alpha value is -3.22. The van der Waals surface area contributed by atoms with E-state index in [0.717, 1.165) is 72.9 Å². The number of hydrogen-bond acceptors (Lipinski definition) is 5. The fraction of sp³-hybridized carbons (Fsp3) is 0.310. The second kappa shape index (κ2) is 9.80. The van der Waals surface area contributed by atoms with Crippen LogP contribution in [0.1, 0.15) is 39.9 Å². The second-order valence-corrected chi connectivity index (χ2v) is 10.6. The zero-order valence-electron chi connectivity index (χ0n) is 19.8. The Balaban J connectivity index is 1.08. The number of rotatable bonds is 5. The van der Waals surface area contributed by atoms with Crippen molar-refractivity contribution in [1.82, 2.24) is 15.2 Å². The molecule has 2 aliphatic rings. The van der Waals surface area contributed by atoms with Crippen LogP contribution in [-0.4, -0.2) is 41.5 Å². The maximum Gasteiger partial charge on any atom is 0.251 e. The van der Waals surface area contributed by atoms with Gasteiger partial charge < -0.3 is 10.2 Å². The van der Waals surface area contributed by atoms with Crippen molar-refractivity contribution in [2.45, 2.75) is 38.4 Å². The predicted molar refractivity (Wildman–Crippen MR) is 143 cm³/mol. The SMILES string of the molecule is O=C(NC1CCN(Cc2ccccc2)CC1)c1ccc2nc(N3CCc4ccccc4C3)sc2c1. The summed E-state index contributed by atoms with van der Waals surface area (Å²) in [6.45, 7) is 4.88. The molecule has 0 atom stereocenters. The molecule has 1 amide bonds. The third kappa shape index (κ3) is 4.95. The van der Waals surface area contributed by atoms with Gasteiger partial charge in [0.25, 0.3) is 5.91 Å². The molecule has 5 nitrogen and oxygen atoms in total. The molecule has 6 heteroatoms. The summed E-state index contributed by atoms with van der Waals surface area (Å²) in [4.78, 5) is 22.7. The monoisotopic (exact) mass is 482 g/mol. The van der Waals surface area contributed by atoms with Crippen LogP contribution >= 0.6 is 11.3 Å². The summed E-state index contributed by atoms with van der Waals surface area (Å²) in [6, 6.07) is 25.4. The molecule has 0 aliphatic carbocycles. The molecule has 0 spiro atoms. The van der Waals surface area contributed by atoms with Crippen molar-refractivity contribution < 1.29 is 4.79 Å². The Kier molecular flexibility index (Phi) is 6.23. The van der Waals surface area contributed by atoms with Gasteiger partial charge in [0.05, 0.1) is 10.2 Å². The fourth-order valence-corrected chi connectivity index (χ4v) is 6.22. The van der Waals surface area contributed by atoms with E-state index >= 15 is 0 Å². The maximum absolute atomic E-state index is 13.0. The van der Waals surface area contributed by atoms with E-state index in [4.69, 9.17) is 4.98 Å². The first kappa shape index (κ1) is 22.3. The molecular formula is C29H30N4OS. The molecule has 1 aromatic heterocycles. The number of anilines is 1. The molecule has 1 saturated heterocycles. The number of aromatic nitrogens is 1. The first-order valence-electron chi connectivity index (χ1n) is 12.5. The topological polar surface area (TPSA) is 48.5 Å². The number of thiazole rings is 1. The normalized spacial score (nSPS) is 16.9. The Morgan fingerprint density at radius 2 is 1.71 bits per heavy atom. The van der Waals surface area contributed by atoms with Crippen molar-refractivity contribution in [2.24, 2.45) is 0 Å². The van der Waals surface area contributed by atoms with Crippen molar-refractivity contribution in [3.05, 3.63) is 95.1 Å². The summed E-state index contributed by atoms with van der Waals surface area (Å²) in [7, 11) is 0. The lowest BCUT2D eigenvalue weighted by atomic mass is 10.0. The number of amides is 1. The molecule has 0 bridgehead atoms. The van der Waals surface area contributed by atoms with Crippen LogP contribution in [0.15, 0.2) is 72.8 Å². The van der Waals surface area contributed by atoms with Crippen LogP contribution in [-0.2, 0) is 19.5 Å². The lowest BCUT2D eigenvalue weighted by Crippen LogP contribution is -2.44. The second-order valence-electron chi connectivity index (χ2n) is 9.63. The summed E-state index contributed by atoms with van der Waals surface area (Å²) < 4.78 is 1.07. The van der Waals surface area contributed by atoms with Gasteiger partial charge in [-0.2, -0.15) is 0 Å². The minimum absolute atomic E-state index is 0.0234. The van der Waals surface area contributed by atoms with Crippen molar-refractivity contribution in [1.29, 1.82) is 0 Å². The van der Waals surface area contributed by atoms with Crippen molar-refractivity contribution in [3.8, 4) is 0 Å². The van der Waals surface area contributed by atoms with Crippen LogP contribution in [0.2, 0.25) is 0 Å². The van der Waals surface area contributed by atoms with Crippen LogP contribution in [0, 0.1) is 0 Å². The van der Waals surface area contributed by atoms with Gasteiger partial charge in [-0.3, -0.25) is 9.69 Å². The number of nitrogens with one attached hydrogen (secondary N) is 1. The Morgan fingerprint density at radius 3 is 2.54 bits per heavy atom. The third-order valence-corrected chi connectivity index (χ3v) is 8.29. The quantitative estimate of drug-likeness (QED) is 0.422. The highest BCUT2D eigenvalue weighted by Crippen LogP contribution is 2.32. The average molecular weight is 483 g/mol. The van der Waals surface area contributed by atoms with E-state index in [1.165, 1.54) is 16.7 Å². The van der Waals surface area contributed by atoms with Gasteiger partial charge in [-0.25, -0.2) is 4.98 Å². The molecule has 1 N–H and O–H groups in total. The zero-order chi connectivity index (χ0) is 23.6. The van der Waals surface area contributed by atoms with Gasteiger partial charge in [0.15, 0.2) is 5.13 Å². The molecule has 2 aliphatic heterocycles. The average Bonchev–Trinajstić information content (AvgIpc) is 3.34. The molecule has 3 aromatic carbocycles. The van der Waals surface area contributed by atoms with E-state index < -0.39 is 0 Å². The van der Waals surface area contributed by atoms with Gasteiger partial charge >= 0.3 is 0 Å². The fourth-order valence-electron chi connectivity index (χ4n) is 5.19. The number of benzene rings is 3. The molecule has 0 unspecified atom stereocenters. The van der Waals surface area contributed by atoms with Crippen LogP contribution < -0.4 is 10.2 Å². The molecule has 0 saturated carbocycles. The van der Waals surface area contributed by atoms with Crippen molar-refractivity contribution in [3.63, 3.8) is 0 Å². The lowest BCUT2D eigenvalue weighted by Gasteiger charge is -2.32. The highest BCUT2D eigenvalue weighted by Gasteiger charge is 2.22. The minimum Gasteiger partial charge on any atom is -0.349 e. The number of nitrogens with zero attached hydrogens (tertiary/aromatic N) is 3. The summed E-state index contributed by atoms with van der Waals surface area (Å²) in [5.74, 6) is 0.0234. The minimum atomic E-state index is 0.0234. The molecule has 0 radical (unpaired) electrons. The van der Waals surface area contributed by atoms with E-state index in [0.29, 0.717) is 0 Å². The Bertz CT molecular complexity index is 1330. The number of likely N-dealkylation sites (tertiary alicyclic amines) is 1. The molecular weight excluding hydrogens is 452 g/mol. The van der Waals surface area contributed by atoms with Crippen LogP contribution in [0.25, 0.3) is 10.2 Å². The maximum atomic E-state index is 13.0. The van der Waals surface area contributed by atoms with Gasteiger partial charge in [0.1, 0.15) is 0 Å². The van der Waals surface area contributed by atoms with Crippen LogP contribution in [0.4, 0.5) is 5.13 Å². The lowest BCUT2D eigenvalue weighted by molar-refractivity contribution is 0.0909. The standard InChI is InChI=1S/C29H30N4OS/c34-28(30-25-13-15-32(16-14-25)19-21-6-2-1-3-7-21)23-10-11-26-27(18-23)35-29(31-26)33-17-12-22-8-4-5-9-24(22)20-33/h1-11,18,25H,12-17,19-20H2,(H,30,34). The first-order valence-corrected chi connectivity index (χ1v) is 13.3. The highest BCUT2D eigenvalue weighted by atomic mass is 32.1. The number of fused-ring (bicyclic) bond motifs is 2.